The second kappa shape index (κ2) is 6.44. The molecule has 17 heavy (non-hydrogen) atoms. The highest BCUT2D eigenvalue weighted by Gasteiger charge is 2.16. The van der Waals surface area contributed by atoms with Gasteiger partial charge in [0.2, 0.25) is 0 Å². The van der Waals surface area contributed by atoms with E-state index in [0.717, 1.165) is 12.2 Å². The summed E-state index contributed by atoms with van der Waals surface area (Å²) in [6, 6.07) is 0. The van der Waals surface area contributed by atoms with E-state index in [4.69, 9.17) is 5.11 Å². The van der Waals surface area contributed by atoms with E-state index >= 15 is 0 Å². The van der Waals surface area contributed by atoms with Gasteiger partial charge >= 0.3 is 5.97 Å². The standard InChI is InChI=1S/C11H17N3O2S/c1-7-8(2)13-14-10(9(7)11(15)16)12-5-4-6-17-3/h4-6H2,1-3H3,(H,12,14)(H,15,16). The van der Waals surface area contributed by atoms with Crippen LogP contribution in [0.2, 0.25) is 0 Å². The first-order valence-corrected chi connectivity index (χ1v) is 6.77. The van der Waals surface area contributed by atoms with Crippen molar-refractivity contribution in [1.29, 1.82) is 0 Å². The molecule has 0 bridgehead atoms. The van der Waals surface area contributed by atoms with E-state index in [1.165, 1.54) is 0 Å². The van der Waals surface area contributed by atoms with Gasteiger partial charge in [-0.25, -0.2) is 4.79 Å². The van der Waals surface area contributed by atoms with Gasteiger partial charge in [0, 0.05) is 6.54 Å². The molecule has 0 unspecified atom stereocenters. The number of aromatic nitrogens is 2. The highest BCUT2D eigenvalue weighted by molar-refractivity contribution is 7.98. The molecular weight excluding hydrogens is 238 g/mol. The molecule has 0 fully saturated rings. The Morgan fingerprint density at radius 2 is 2.12 bits per heavy atom. The minimum atomic E-state index is -0.965. The number of carbonyl (C=O) groups is 1. The van der Waals surface area contributed by atoms with E-state index in [-0.39, 0.29) is 5.56 Å². The van der Waals surface area contributed by atoms with Crippen LogP contribution in [-0.2, 0) is 0 Å². The van der Waals surface area contributed by atoms with Crippen molar-refractivity contribution in [3.8, 4) is 0 Å². The Kier molecular flexibility index (Phi) is 5.21. The number of hydrogen-bond donors (Lipinski definition) is 2. The van der Waals surface area contributed by atoms with Gasteiger partial charge in [0.25, 0.3) is 0 Å². The van der Waals surface area contributed by atoms with Crippen molar-refractivity contribution in [2.24, 2.45) is 0 Å². The topological polar surface area (TPSA) is 75.1 Å². The molecule has 0 aliphatic rings. The van der Waals surface area contributed by atoms with Crippen LogP contribution in [0, 0.1) is 13.8 Å². The molecule has 6 heteroatoms. The Bertz CT molecular complexity index is 410. The van der Waals surface area contributed by atoms with Crippen LogP contribution in [0.15, 0.2) is 0 Å². The Labute approximate surface area is 105 Å². The van der Waals surface area contributed by atoms with Gasteiger partial charge in [-0.05, 0) is 37.8 Å². The maximum absolute atomic E-state index is 11.2. The number of rotatable bonds is 6. The lowest BCUT2D eigenvalue weighted by atomic mass is 10.1. The lowest BCUT2D eigenvalue weighted by molar-refractivity contribution is 0.0696. The molecule has 0 atom stereocenters. The molecule has 0 spiro atoms. The number of carboxylic acid groups (broad SMARTS) is 1. The van der Waals surface area contributed by atoms with E-state index < -0.39 is 5.97 Å². The van der Waals surface area contributed by atoms with Crippen LogP contribution >= 0.6 is 11.8 Å². The summed E-state index contributed by atoms with van der Waals surface area (Å²) >= 11 is 1.76. The number of carboxylic acids is 1. The van der Waals surface area contributed by atoms with Gasteiger partial charge in [0.1, 0.15) is 5.56 Å². The van der Waals surface area contributed by atoms with Crippen molar-refractivity contribution in [2.75, 3.05) is 23.9 Å². The molecule has 1 aromatic heterocycles. The maximum atomic E-state index is 11.2. The summed E-state index contributed by atoms with van der Waals surface area (Å²) in [5.74, 6) is 0.433. The molecule has 1 heterocycles. The van der Waals surface area contributed by atoms with Crippen LogP contribution < -0.4 is 5.32 Å². The zero-order valence-electron chi connectivity index (χ0n) is 10.3. The number of nitrogens with one attached hydrogen (secondary N) is 1. The number of thioether (sulfide) groups is 1. The van der Waals surface area contributed by atoms with Crippen LogP contribution in [0.5, 0.6) is 0 Å². The molecule has 0 saturated heterocycles. The molecule has 0 amide bonds. The van der Waals surface area contributed by atoms with Gasteiger partial charge in [0.05, 0.1) is 5.69 Å². The number of aryl methyl sites for hydroxylation is 1. The largest absolute Gasteiger partial charge is 0.478 e. The molecule has 94 valence electrons. The van der Waals surface area contributed by atoms with Crippen molar-refractivity contribution in [2.45, 2.75) is 20.3 Å². The van der Waals surface area contributed by atoms with E-state index in [1.807, 2.05) is 6.26 Å². The minimum absolute atomic E-state index is 0.224. The molecule has 0 radical (unpaired) electrons. The monoisotopic (exact) mass is 255 g/mol. The predicted octanol–water partition coefficient (Wildman–Crippen LogP) is 1.96. The molecule has 0 aliphatic heterocycles. The lowest BCUT2D eigenvalue weighted by Crippen LogP contribution is -2.14. The molecule has 5 nitrogen and oxygen atoms in total. The normalized spacial score (nSPS) is 10.3. The summed E-state index contributed by atoms with van der Waals surface area (Å²) in [6.07, 6.45) is 3.01. The zero-order valence-corrected chi connectivity index (χ0v) is 11.1. The van der Waals surface area contributed by atoms with Gasteiger partial charge in [-0.3, -0.25) is 0 Å². The summed E-state index contributed by atoms with van der Waals surface area (Å²) in [4.78, 5) is 11.2. The molecular formula is C11H17N3O2S. The van der Waals surface area contributed by atoms with Crippen LogP contribution in [0.1, 0.15) is 28.0 Å². The highest BCUT2D eigenvalue weighted by atomic mass is 32.2. The second-order valence-electron chi connectivity index (χ2n) is 3.71. The van der Waals surface area contributed by atoms with E-state index in [2.05, 4.69) is 15.5 Å². The van der Waals surface area contributed by atoms with Crippen molar-refractivity contribution in [3.05, 3.63) is 16.8 Å². The Morgan fingerprint density at radius 3 is 2.71 bits per heavy atom. The molecule has 0 aliphatic carbocycles. The zero-order chi connectivity index (χ0) is 12.8. The predicted molar refractivity (Wildman–Crippen MR) is 70.0 cm³/mol. The van der Waals surface area contributed by atoms with Gasteiger partial charge in [-0.1, -0.05) is 0 Å². The molecule has 2 N–H and O–H groups in total. The van der Waals surface area contributed by atoms with Gasteiger partial charge in [-0.2, -0.15) is 16.9 Å². The number of nitrogens with zero attached hydrogens (tertiary/aromatic N) is 2. The SMILES string of the molecule is CSCCCNc1nnc(C)c(C)c1C(=O)O. The quantitative estimate of drug-likeness (QED) is 0.757. The summed E-state index contributed by atoms with van der Waals surface area (Å²) < 4.78 is 0. The fourth-order valence-electron chi connectivity index (χ4n) is 1.42. The molecule has 1 rings (SSSR count). The third-order valence-corrected chi connectivity index (χ3v) is 3.18. The van der Waals surface area contributed by atoms with Gasteiger partial charge < -0.3 is 10.4 Å². The van der Waals surface area contributed by atoms with Crippen molar-refractivity contribution >= 4 is 23.5 Å². The van der Waals surface area contributed by atoms with E-state index in [1.54, 1.807) is 25.6 Å². The number of aromatic carboxylic acids is 1. The first-order chi connectivity index (χ1) is 8.07. The summed E-state index contributed by atoms with van der Waals surface area (Å²) in [7, 11) is 0. The first-order valence-electron chi connectivity index (χ1n) is 5.38. The number of hydrogen-bond acceptors (Lipinski definition) is 5. The van der Waals surface area contributed by atoms with Crippen LogP contribution in [0.25, 0.3) is 0 Å². The van der Waals surface area contributed by atoms with Gasteiger partial charge in [-0.15, -0.1) is 5.10 Å². The fourth-order valence-corrected chi connectivity index (χ4v) is 1.85. The molecule has 0 saturated carbocycles. The van der Waals surface area contributed by atoms with Crippen molar-refractivity contribution < 1.29 is 9.90 Å². The number of anilines is 1. The highest BCUT2D eigenvalue weighted by Crippen LogP contribution is 2.18. The van der Waals surface area contributed by atoms with Gasteiger partial charge in [0.15, 0.2) is 5.82 Å². The summed E-state index contributed by atoms with van der Waals surface area (Å²) in [5, 5.41) is 20.0. The molecule has 0 aromatic carbocycles. The van der Waals surface area contributed by atoms with E-state index in [9.17, 15) is 4.79 Å². The van der Waals surface area contributed by atoms with Crippen molar-refractivity contribution in [3.63, 3.8) is 0 Å². The minimum Gasteiger partial charge on any atom is -0.478 e. The third kappa shape index (κ3) is 3.59. The smallest absolute Gasteiger partial charge is 0.339 e. The first kappa shape index (κ1) is 13.8. The summed E-state index contributed by atoms with van der Waals surface area (Å²) in [6.45, 7) is 4.21. The Morgan fingerprint density at radius 1 is 1.41 bits per heavy atom. The summed E-state index contributed by atoms with van der Waals surface area (Å²) in [5.41, 5.74) is 1.54. The van der Waals surface area contributed by atoms with Crippen molar-refractivity contribution in [1.82, 2.24) is 10.2 Å². The average Bonchev–Trinajstić information content (AvgIpc) is 2.28. The van der Waals surface area contributed by atoms with E-state index in [0.29, 0.717) is 23.6 Å². The fraction of sp³-hybridized carbons (Fsp3) is 0.545. The third-order valence-electron chi connectivity index (χ3n) is 2.49. The second-order valence-corrected chi connectivity index (χ2v) is 4.70. The molecule has 1 aromatic rings. The lowest BCUT2D eigenvalue weighted by Gasteiger charge is -2.10. The van der Waals surface area contributed by atoms with Crippen LogP contribution in [0.3, 0.4) is 0 Å². The maximum Gasteiger partial charge on any atom is 0.339 e. The Balaban J connectivity index is 2.84. The van der Waals surface area contributed by atoms with Crippen LogP contribution in [0.4, 0.5) is 5.82 Å². The average molecular weight is 255 g/mol. The van der Waals surface area contributed by atoms with Crippen LogP contribution in [-0.4, -0.2) is 39.8 Å². The Hall–Kier alpha value is -1.30.